The molecule has 132 valence electrons. The lowest BCUT2D eigenvalue weighted by molar-refractivity contribution is -0.166. The minimum Gasteiger partial charge on any atom is -0.370 e. The molecule has 2 fully saturated rings. The smallest absolute Gasteiger partial charge is 0.319 e. The first-order valence-electron chi connectivity index (χ1n) is 8.90. The first-order valence-corrected chi connectivity index (χ1v) is 8.90. The van der Waals surface area contributed by atoms with Gasteiger partial charge < -0.3 is 15.4 Å². The average Bonchev–Trinajstić information content (AvgIpc) is 3.08. The van der Waals surface area contributed by atoms with Crippen LogP contribution in [0.15, 0.2) is 36.9 Å². The third-order valence-corrected chi connectivity index (χ3v) is 5.10. The lowest BCUT2D eigenvalue weighted by atomic mass is 9.74. The minimum absolute atomic E-state index is 0.118. The van der Waals surface area contributed by atoms with Crippen LogP contribution in [0.5, 0.6) is 0 Å². The molecular weight excluding hydrogens is 318 g/mol. The molecule has 1 aliphatic carbocycles. The van der Waals surface area contributed by atoms with Crippen LogP contribution in [0.25, 0.3) is 5.69 Å². The van der Waals surface area contributed by atoms with Crippen LogP contribution >= 0.6 is 0 Å². The van der Waals surface area contributed by atoms with Crippen molar-refractivity contribution in [3.8, 4) is 5.69 Å². The number of carbonyl (C=O) groups excluding carboxylic acids is 1. The van der Waals surface area contributed by atoms with Gasteiger partial charge in [0.25, 0.3) is 0 Å². The van der Waals surface area contributed by atoms with E-state index in [0.717, 1.165) is 12.1 Å². The van der Waals surface area contributed by atoms with E-state index in [-0.39, 0.29) is 17.7 Å². The molecule has 1 saturated heterocycles. The van der Waals surface area contributed by atoms with E-state index >= 15 is 0 Å². The van der Waals surface area contributed by atoms with E-state index in [1.54, 1.807) is 29.5 Å². The summed E-state index contributed by atoms with van der Waals surface area (Å²) in [5, 5.41) is 9.98. The third kappa shape index (κ3) is 3.66. The quantitative estimate of drug-likeness (QED) is 0.896. The Morgan fingerprint density at radius 3 is 2.84 bits per heavy atom. The van der Waals surface area contributed by atoms with Gasteiger partial charge in [0.2, 0.25) is 0 Å². The van der Waals surface area contributed by atoms with Gasteiger partial charge in [-0.3, -0.25) is 4.98 Å². The summed E-state index contributed by atoms with van der Waals surface area (Å²) in [4.78, 5) is 16.1. The van der Waals surface area contributed by atoms with Crippen LogP contribution < -0.4 is 10.6 Å². The first-order chi connectivity index (χ1) is 12.2. The molecule has 2 N–H and O–H groups in total. The Balaban J connectivity index is 1.27. The molecule has 1 unspecified atom stereocenters. The monoisotopic (exact) mass is 341 g/mol. The fourth-order valence-corrected chi connectivity index (χ4v) is 3.61. The fourth-order valence-electron chi connectivity index (χ4n) is 3.61. The fraction of sp³-hybridized carbons (Fsp3) is 0.500. The number of anilines is 1. The van der Waals surface area contributed by atoms with Gasteiger partial charge in [-0.25, -0.2) is 9.48 Å². The summed E-state index contributed by atoms with van der Waals surface area (Å²) in [5.41, 5.74) is 1.66. The number of rotatable bonds is 4. The van der Waals surface area contributed by atoms with Crippen LogP contribution in [0.3, 0.4) is 0 Å². The van der Waals surface area contributed by atoms with Crippen molar-refractivity contribution in [1.82, 2.24) is 20.1 Å². The number of carbonyl (C=O) groups is 1. The first kappa shape index (κ1) is 16.1. The van der Waals surface area contributed by atoms with E-state index in [1.165, 1.54) is 32.1 Å². The number of hydrogen-bond donors (Lipinski definition) is 2. The molecule has 2 aliphatic rings. The largest absolute Gasteiger partial charge is 0.370 e. The van der Waals surface area contributed by atoms with Gasteiger partial charge in [0, 0.05) is 18.9 Å². The Labute approximate surface area is 146 Å². The van der Waals surface area contributed by atoms with Crippen LogP contribution in [0.1, 0.15) is 38.5 Å². The van der Waals surface area contributed by atoms with E-state index in [9.17, 15) is 4.79 Å². The van der Waals surface area contributed by atoms with E-state index in [4.69, 9.17) is 4.74 Å². The maximum absolute atomic E-state index is 12.1. The SMILES string of the molecule is O=C(NCC1CCCC2(CCC2)O1)Nc1cnn(-c2ccncc2)c1. The lowest BCUT2D eigenvalue weighted by Crippen LogP contribution is -2.49. The zero-order chi connectivity index (χ0) is 17.1. The number of hydrogen-bond acceptors (Lipinski definition) is 4. The number of urea groups is 1. The topological polar surface area (TPSA) is 81.1 Å². The van der Waals surface area contributed by atoms with Gasteiger partial charge in [0.15, 0.2) is 0 Å². The van der Waals surface area contributed by atoms with Crippen molar-refractivity contribution in [1.29, 1.82) is 0 Å². The van der Waals surface area contributed by atoms with Crippen LogP contribution in [0.2, 0.25) is 0 Å². The summed E-state index contributed by atoms with van der Waals surface area (Å²) >= 11 is 0. The molecule has 3 heterocycles. The maximum atomic E-state index is 12.1. The molecular formula is C18H23N5O2. The maximum Gasteiger partial charge on any atom is 0.319 e. The highest BCUT2D eigenvalue weighted by Crippen LogP contribution is 2.43. The summed E-state index contributed by atoms with van der Waals surface area (Å²) < 4.78 is 7.90. The molecule has 0 radical (unpaired) electrons. The number of ether oxygens (including phenoxy) is 1. The number of nitrogens with one attached hydrogen (secondary N) is 2. The third-order valence-electron chi connectivity index (χ3n) is 5.10. The Morgan fingerprint density at radius 1 is 1.28 bits per heavy atom. The summed E-state index contributed by atoms with van der Waals surface area (Å²) in [6.07, 6.45) is 13.9. The van der Waals surface area contributed by atoms with Crippen molar-refractivity contribution in [3.05, 3.63) is 36.9 Å². The molecule has 4 rings (SSSR count). The van der Waals surface area contributed by atoms with Gasteiger partial charge >= 0.3 is 6.03 Å². The highest BCUT2D eigenvalue weighted by molar-refractivity contribution is 5.88. The highest BCUT2D eigenvalue weighted by atomic mass is 16.5. The Bertz CT molecular complexity index is 726. The van der Waals surface area contributed by atoms with Gasteiger partial charge in [-0.15, -0.1) is 0 Å². The van der Waals surface area contributed by atoms with E-state index in [2.05, 4.69) is 20.7 Å². The van der Waals surface area contributed by atoms with Crippen molar-refractivity contribution in [2.45, 2.75) is 50.2 Å². The van der Waals surface area contributed by atoms with Crippen molar-refractivity contribution < 1.29 is 9.53 Å². The number of amides is 2. The second-order valence-electron chi connectivity index (χ2n) is 6.88. The Morgan fingerprint density at radius 2 is 2.08 bits per heavy atom. The van der Waals surface area contributed by atoms with E-state index in [0.29, 0.717) is 12.2 Å². The van der Waals surface area contributed by atoms with Crippen molar-refractivity contribution in [3.63, 3.8) is 0 Å². The zero-order valence-electron chi connectivity index (χ0n) is 14.1. The molecule has 1 saturated carbocycles. The molecule has 1 spiro atoms. The standard InChI is InChI=1S/C18H23N5O2/c24-17(20-12-16-3-1-6-18(25-16)7-2-8-18)22-14-11-21-23(13-14)15-4-9-19-10-5-15/h4-5,9-11,13,16H,1-3,6-8,12H2,(H2,20,22,24). The Kier molecular flexibility index (Phi) is 4.40. The van der Waals surface area contributed by atoms with Gasteiger partial charge in [-0.2, -0.15) is 5.10 Å². The van der Waals surface area contributed by atoms with E-state index in [1.807, 2.05) is 12.1 Å². The van der Waals surface area contributed by atoms with Gasteiger partial charge in [0.05, 0.1) is 35.5 Å². The van der Waals surface area contributed by atoms with Gasteiger partial charge in [0.1, 0.15) is 0 Å². The van der Waals surface area contributed by atoms with Crippen molar-refractivity contribution in [2.24, 2.45) is 0 Å². The molecule has 25 heavy (non-hydrogen) atoms. The minimum atomic E-state index is -0.230. The number of aromatic nitrogens is 3. The number of nitrogens with zero attached hydrogens (tertiary/aromatic N) is 3. The summed E-state index contributed by atoms with van der Waals surface area (Å²) in [5.74, 6) is 0. The van der Waals surface area contributed by atoms with Crippen LogP contribution in [0, 0.1) is 0 Å². The average molecular weight is 341 g/mol. The molecule has 1 atom stereocenters. The van der Waals surface area contributed by atoms with Gasteiger partial charge in [-0.05, 0) is 50.7 Å². The lowest BCUT2D eigenvalue weighted by Gasteiger charge is -2.47. The number of pyridine rings is 1. The predicted octanol–water partition coefficient (Wildman–Crippen LogP) is 2.88. The molecule has 7 heteroatoms. The second kappa shape index (κ2) is 6.84. The molecule has 0 bridgehead atoms. The van der Waals surface area contributed by atoms with Crippen molar-refractivity contribution >= 4 is 11.7 Å². The Hall–Kier alpha value is -2.41. The molecule has 2 amide bonds. The predicted molar refractivity (Wildman–Crippen MR) is 93.7 cm³/mol. The molecule has 2 aromatic heterocycles. The van der Waals surface area contributed by atoms with E-state index < -0.39 is 0 Å². The second-order valence-corrected chi connectivity index (χ2v) is 6.88. The summed E-state index contributed by atoms with van der Waals surface area (Å²) in [6, 6.07) is 3.48. The van der Waals surface area contributed by atoms with Crippen molar-refractivity contribution in [2.75, 3.05) is 11.9 Å². The van der Waals surface area contributed by atoms with Gasteiger partial charge in [-0.1, -0.05) is 0 Å². The molecule has 0 aromatic carbocycles. The highest BCUT2D eigenvalue weighted by Gasteiger charge is 2.42. The normalized spacial score (nSPS) is 21.5. The molecule has 7 nitrogen and oxygen atoms in total. The summed E-state index contributed by atoms with van der Waals surface area (Å²) in [6.45, 7) is 0.548. The molecule has 2 aromatic rings. The van der Waals surface area contributed by atoms with Crippen LogP contribution in [-0.2, 0) is 4.74 Å². The summed E-state index contributed by atoms with van der Waals surface area (Å²) in [7, 11) is 0. The zero-order valence-corrected chi connectivity index (χ0v) is 14.1. The van der Waals surface area contributed by atoms with Crippen LogP contribution in [0.4, 0.5) is 10.5 Å². The molecule has 1 aliphatic heterocycles. The van der Waals surface area contributed by atoms with Crippen LogP contribution in [-0.4, -0.2) is 39.0 Å².